The van der Waals surface area contributed by atoms with Crippen LogP contribution >= 0.6 is 11.6 Å². The van der Waals surface area contributed by atoms with Crippen molar-refractivity contribution in [3.8, 4) is 0 Å². The summed E-state index contributed by atoms with van der Waals surface area (Å²) in [4.78, 5) is 21.4. The van der Waals surface area contributed by atoms with E-state index in [1.165, 1.54) is 10.6 Å². The van der Waals surface area contributed by atoms with Crippen LogP contribution in [0.5, 0.6) is 0 Å². The summed E-state index contributed by atoms with van der Waals surface area (Å²) in [5.74, 6) is 0.255. The van der Waals surface area contributed by atoms with Gasteiger partial charge in [-0.1, -0.05) is 11.6 Å². The van der Waals surface area contributed by atoms with Crippen LogP contribution in [0.15, 0.2) is 24.5 Å². The second kappa shape index (κ2) is 7.65. The van der Waals surface area contributed by atoms with Crippen LogP contribution in [-0.2, 0) is 22.4 Å². The van der Waals surface area contributed by atoms with E-state index in [1.54, 1.807) is 37.0 Å². The number of fused-ring (bicyclic) bond motifs is 2. The van der Waals surface area contributed by atoms with Crippen LogP contribution in [0, 0.1) is 18.7 Å². The summed E-state index contributed by atoms with van der Waals surface area (Å²) in [5, 5.41) is 8.82. The van der Waals surface area contributed by atoms with Crippen molar-refractivity contribution >= 4 is 28.7 Å². The monoisotopic (exact) mass is 442 g/mol. The SMILES string of the molecule is COC(c1c(CC(=O)Cc2cc(F)c3nc(C)nn3c2)cnc2cc(Cl)nn12)C1CC1. The highest BCUT2D eigenvalue weighted by atomic mass is 35.5. The van der Waals surface area contributed by atoms with Crippen LogP contribution in [0.1, 0.15) is 41.6 Å². The third kappa shape index (κ3) is 3.79. The van der Waals surface area contributed by atoms with Crippen molar-refractivity contribution in [2.24, 2.45) is 5.92 Å². The first-order valence-corrected chi connectivity index (χ1v) is 10.4. The van der Waals surface area contributed by atoms with E-state index >= 15 is 0 Å². The van der Waals surface area contributed by atoms with Crippen molar-refractivity contribution in [3.05, 3.63) is 58.1 Å². The number of hydrogen-bond acceptors (Lipinski definition) is 6. The van der Waals surface area contributed by atoms with E-state index in [-0.39, 0.29) is 30.4 Å². The largest absolute Gasteiger partial charge is 0.375 e. The molecule has 4 aromatic rings. The molecule has 31 heavy (non-hydrogen) atoms. The Hall–Kier alpha value is -2.91. The van der Waals surface area contributed by atoms with E-state index in [4.69, 9.17) is 16.3 Å². The molecule has 1 aliphatic rings. The molecule has 4 aromatic heterocycles. The number of halogens is 2. The van der Waals surface area contributed by atoms with Crippen molar-refractivity contribution in [1.29, 1.82) is 0 Å². The smallest absolute Gasteiger partial charge is 0.191 e. The molecule has 4 heterocycles. The number of aryl methyl sites for hydroxylation is 1. The van der Waals surface area contributed by atoms with Gasteiger partial charge in [0.2, 0.25) is 0 Å². The summed E-state index contributed by atoms with van der Waals surface area (Å²) >= 11 is 6.10. The molecule has 1 atom stereocenters. The summed E-state index contributed by atoms with van der Waals surface area (Å²) in [6, 6.07) is 3.01. The Balaban J connectivity index is 1.46. The van der Waals surface area contributed by atoms with Crippen LogP contribution in [0.4, 0.5) is 4.39 Å². The molecule has 0 N–H and O–H groups in total. The average molecular weight is 443 g/mol. The van der Waals surface area contributed by atoms with Gasteiger partial charge in [0.1, 0.15) is 17.7 Å². The first-order chi connectivity index (χ1) is 14.9. The molecule has 1 unspecified atom stereocenters. The number of ether oxygens (including phenoxy) is 1. The molecule has 160 valence electrons. The molecular formula is C21H20ClFN6O2. The summed E-state index contributed by atoms with van der Waals surface area (Å²) in [7, 11) is 1.66. The number of carbonyl (C=O) groups is 1. The standard InChI is InChI=1S/C21H20ClFN6O2/c1-11-25-21-16(23)6-12(10-28(21)26-11)5-15(30)7-14-9-24-18-8-17(22)27-29(18)19(14)20(31-2)13-3-4-13/h6,8-10,13,20H,3-5,7H2,1-2H3. The molecule has 0 amide bonds. The minimum absolute atomic E-state index is 0.0597. The maximum atomic E-state index is 14.3. The van der Waals surface area contributed by atoms with Gasteiger partial charge in [-0.2, -0.15) is 10.2 Å². The number of nitrogens with zero attached hydrogens (tertiary/aromatic N) is 6. The van der Waals surface area contributed by atoms with Gasteiger partial charge in [-0.05, 0) is 37.3 Å². The van der Waals surface area contributed by atoms with Gasteiger partial charge in [-0.15, -0.1) is 0 Å². The normalized spacial score (nSPS) is 15.1. The number of ketones is 1. The summed E-state index contributed by atoms with van der Waals surface area (Å²) in [5.41, 5.74) is 2.81. The Kier molecular flexibility index (Phi) is 4.94. The van der Waals surface area contributed by atoms with Gasteiger partial charge in [0.25, 0.3) is 0 Å². The molecular weight excluding hydrogens is 423 g/mol. The first-order valence-electron chi connectivity index (χ1n) is 10.0. The van der Waals surface area contributed by atoms with Crippen LogP contribution in [0.25, 0.3) is 11.3 Å². The summed E-state index contributed by atoms with van der Waals surface area (Å²) < 4.78 is 23.1. The minimum Gasteiger partial charge on any atom is -0.375 e. The Morgan fingerprint density at radius 2 is 2.13 bits per heavy atom. The molecule has 0 aliphatic heterocycles. The van der Waals surface area contributed by atoms with Crippen molar-refractivity contribution in [2.45, 2.75) is 38.7 Å². The predicted octanol–water partition coefficient (Wildman–Crippen LogP) is 3.32. The zero-order chi connectivity index (χ0) is 21.7. The molecule has 10 heteroatoms. The lowest BCUT2D eigenvalue weighted by Crippen LogP contribution is -2.17. The zero-order valence-electron chi connectivity index (χ0n) is 17.0. The van der Waals surface area contributed by atoms with Gasteiger partial charge in [-0.3, -0.25) is 4.79 Å². The maximum absolute atomic E-state index is 14.3. The van der Waals surface area contributed by atoms with E-state index in [0.717, 1.165) is 24.1 Å². The molecule has 8 nitrogen and oxygen atoms in total. The van der Waals surface area contributed by atoms with E-state index in [9.17, 15) is 9.18 Å². The minimum atomic E-state index is -0.506. The number of Topliss-reactive ketones (excluding diaryl/α,β-unsaturated/α-hetero) is 1. The Bertz CT molecular complexity index is 1310. The highest BCUT2D eigenvalue weighted by Gasteiger charge is 2.36. The maximum Gasteiger partial charge on any atom is 0.191 e. The van der Waals surface area contributed by atoms with Gasteiger partial charge in [-0.25, -0.2) is 23.4 Å². The molecule has 0 saturated heterocycles. The Labute approximate surface area is 182 Å². The summed E-state index contributed by atoms with van der Waals surface area (Å²) in [6.07, 6.45) is 5.41. The van der Waals surface area contributed by atoms with E-state index in [1.807, 2.05) is 0 Å². The highest BCUT2D eigenvalue weighted by Crippen LogP contribution is 2.44. The molecule has 1 fully saturated rings. The lowest BCUT2D eigenvalue weighted by atomic mass is 9.99. The fraction of sp³-hybridized carbons (Fsp3) is 0.381. The van der Waals surface area contributed by atoms with E-state index in [0.29, 0.717) is 28.1 Å². The molecule has 0 radical (unpaired) electrons. The molecule has 0 aromatic carbocycles. The number of hydrogen-bond donors (Lipinski definition) is 0. The summed E-state index contributed by atoms with van der Waals surface area (Å²) in [6.45, 7) is 1.69. The second-order valence-electron chi connectivity index (χ2n) is 7.92. The number of rotatable bonds is 7. The Morgan fingerprint density at radius 1 is 1.32 bits per heavy atom. The van der Waals surface area contributed by atoms with Gasteiger partial charge in [0.05, 0.1) is 5.69 Å². The van der Waals surface area contributed by atoms with Crippen LogP contribution in [-0.4, -0.2) is 42.1 Å². The molecule has 1 saturated carbocycles. The third-order valence-electron chi connectivity index (χ3n) is 5.48. The first kappa shape index (κ1) is 20.0. The van der Waals surface area contributed by atoms with Crippen LogP contribution in [0.2, 0.25) is 5.15 Å². The average Bonchev–Trinajstić information content (AvgIpc) is 3.36. The fourth-order valence-corrected chi connectivity index (χ4v) is 4.20. The lowest BCUT2D eigenvalue weighted by molar-refractivity contribution is -0.117. The molecule has 5 rings (SSSR count). The van der Waals surface area contributed by atoms with Crippen molar-refractivity contribution in [2.75, 3.05) is 7.11 Å². The topological polar surface area (TPSA) is 86.7 Å². The van der Waals surface area contributed by atoms with Crippen LogP contribution < -0.4 is 0 Å². The molecule has 0 spiro atoms. The fourth-order valence-electron chi connectivity index (χ4n) is 4.03. The van der Waals surface area contributed by atoms with Crippen molar-refractivity contribution in [1.82, 2.24) is 29.2 Å². The molecule has 0 bridgehead atoms. The van der Waals surface area contributed by atoms with Gasteiger partial charge < -0.3 is 4.74 Å². The van der Waals surface area contributed by atoms with E-state index < -0.39 is 5.82 Å². The predicted molar refractivity (Wildman–Crippen MR) is 111 cm³/mol. The van der Waals surface area contributed by atoms with Crippen molar-refractivity contribution in [3.63, 3.8) is 0 Å². The number of aromatic nitrogens is 6. The zero-order valence-corrected chi connectivity index (χ0v) is 17.8. The second-order valence-corrected chi connectivity index (χ2v) is 8.30. The quantitative estimate of drug-likeness (QED) is 0.436. The Morgan fingerprint density at radius 3 is 2.87 bits per heavy atom. The number of carbonyl (C=O) groups excluding carboxylic acids is 1. The van der Waals surface area contributed by atoms with Gasteiger partial charge in [0, 0.05) is 44.0 Å². The number of pyridine rings is 1. The highest BCUT2D eigenvalue weighted by molar-refractivity contribution is 6.29. The van der Waals surface area contributed by atoms with Gasteiger partial charge >= 0.3 is 0 Å². The lowest BCUT2D eigenvalue weighted by Gasteiger charge is -2.19. The van der Waals surface area contributed by atoms with Crippen LogP contribution in [0.3, 0.4) is 0 Å². The van der Waals surface area contributed by atoms with Gasteiger partial charge in [0.15, 0.2) is 22.3 Å². The van der Waals surface area contributed by atoms with Crippen molar-refractivity contribution < 1.29 is 13.9 Å². The third-order valence-corrected chi connectivity index (χ3v) is 5.67. The molecule has 1 aliphatic carbocycles. The number of methoxy groups -OCH3 is 1. The van der Waals surface area contributed by atoms with E-state index in [2.05, 4.69) is 20.2 Å².